The number of pyridine rings is 1. The maximum absolute atomic E-state index is 10.6. The second kappa shape index (κ2) is 6.19. The molecule has 6 heteroatoms. The van der Waals surface area contributed by atoms with E-state index in [1.54, 1.807) is 6.92 Å². The monoisotopic (exact) mass is 232 g/mol. The molecule has 0 fully saturated rings. The molecule has 0 N–H and O–H groups in total. The number of rotatable bonds is 2. The number of hydrogen-bond donors (Lipinski definition) is 0. The molecule has 1 aromatic rings. The number of methoxy groups -OCH3 is 1. The van der Waals surface area contributed by atoms with Gasteiger partial charge in [-0.3, -0.25) is 10.1 Å². The van der Waals surface area contributed by atoms with Crippen LogP contribution in [-0.2, 0) is 0 Å². The summed E-state index contributed by atoms with van der Waals surface area (Å²) in [6.07, 6.45) is 1.42. The molecule has 0 aliphatic heterocycles. The number of aromatic nitrogens is 1. The van der Waals surface area contributed by atoms with Gasteiger partial charge in [0.2, 0.25) is 0 Å². The van der Waals surface area contributed by atoms with E-state index in [-0.39, 0.29) is 16.6 Å². The van der Waals surface area contributed by atoms with Crippen molar-refractivity contribution in [2.75, 3.05) is 7.11 Å². The van der Waals surface area contributed by atoms with Crippen molar-refractivity contribution in [3.05, 3.63) is 26.9 Å². The van der Waals surface area contributed by atoms with Crippen LogP contribution in [0.25, 0.3) is 0 Å². The minimum atomic E-state index is -0.610. The molecule has 0 aliphatic carbocycles. The molecule has 0 atom stereocenters. The fourth-order valence-corrected chi connectivity index (χ4v) is 1.06. The van der Waals surface area contributed by atoms with Crippen LogP contribution in [0.3, 0.4) is 0 Å². The van der Waals surface area contributed by atoms with E-state index in [4.69, 9.17) is 16.3 Å². The first-order valence-electron chi connectivity index (χ1n) is 4.41. The lowest BCUT2D eigenvalue weighted by atomic mass is 10.3. The Labute approximate surface area is 93.2 Å². The molecule has 0 aliphatic rings. The van der Waals surface area contributed by atoms with E-state index in [0.29, 0.717) is 5.56 Å². The normalized spacial score (nSPS) is 8.87. The van der Waals surface area contributed by atoms with Crippen molar-refractivity contribution in [3.8, 4) is 5.88 Å². The van der Waals surface area contributed by atoms with Crippen molar-refractivity contribution in [3.63, 3.8) is 0 Å². The Bertz CT molecular complexity index is 355. The van der Waals surface area contributed by atoms with E-state index in [1.807, 2.05) is 13.8 Å². The van der Waals surface area contributed by atoms with Gasteiger partial charge in [-0.1, -0.05) is 25.4 Å². The zero-order valence-corrected chi connectivity index (χ0v) is 9.83. The van der Waals surface area contributed by atoms with E-state index >= 15 is 0 Å². The van der Waals surface area contributed by atoms with Crippen molar-refractivity contribution in [1.82, 2.24) is 4.98 Å². The molecular weight excluding hydrogens is 220 g/mol. The molecule has 0 spiro atoms. The number of nitrogens with zero attached hydrogens (tertiary/aromatic N) is 2. The van der Waals surface area contributed by atoms with Crippen LogP contribution in [-0.4, -0.2) is 17.0 Å². The van der Waals surface area contributed by atoms with Gasteiger partial charge in [-0.15, -0.1) is 0 Å². The SMILES string of the molecule is CC.COc1ncc(C)c(Cl)c1[N+](=O)[O-]. The van der Waals surface area contributed by atoms with Gasteiger partial charge in [0, 0.05) is 6.20 Å². The Morgan fingerprint density at radius 3 is 2.47 bits per heavy atom. The van der Waals surface area contributed by atoms with Crippen LogP contribution in [0.4, 0.5) is 5.69 Å². The van der Waals surface area contributed by atoms with Crippen LogP contribution in [0.15, 0.2) is 6.20 Å². The summed E-state index contributed by atoms with van der Waals surface area (Å²) >= 11 is 5.71. The molecule has 84 valence electrons. The summed E-state index contributed by atoms with van der Waals surface area (Å²) in [5.41, 5.74) is 0.262. The molecule has 0 aromatic carbocycles. The second-order valence-corrected chi connectivity index (χ2v) is 2.75. The summed E-state index contributed by atoms with van der Waals surface area (Å²) in [7, 11) is 1.31. The first kappa shape index (κ1) is 13.6. The van der Waals surface area contributed by atoms with Gasteiger partial charge in [-0.25, -0.2) is 4.98 Å². The quantitative estimate of drug-likeness (QED) is 0.581. The number of halogens is 1. The number of ether oxygens (including phenoxy) is 1. The van der Waals surface area contributed by atoms with Gasteiger partial charge in [-0.2, -0.15) is 0 Å². The summed E-state index contributed by atoms with van der Waals surface area (Å²) in [6, 6.07) is 0. The Balaban J connectivity index is 0.000000921. The first-order valence-corrected chi connectivity index (χ1v) is 4.79. The molecule has 0 amide bonds. The topological polar surface area (TPSA) is 65.3 Å². The predicted octanol–water partition coefficient (Wildman–Crippen LogP) is 2.99. The van der Waals surface area contributed by atoms with Crippen LogP contribution >= 0.6 is 11.6 Å². The molecule has 1 heterocycles. The highest BCUT2D eigenvalue weighted by Crippen LogP contribution is 2.34. The van der Waals surface area contributed by atoms with Crippen LogP contribution in [0.5, 0.6) is 5.88 Å². The summed E-state index contributed by atoms with van der Waals surface area (Å²) in [5, 5.41) is 10.6. The lowest BCUT2D eigenvalue weighted by molar-refractivity contribution is -0.386. The van der Waals surface area contributed by atoms with Crippen molar-refractivity contribution in [2.24, 2.45) is 0 Å². The van der Waals surface area contributed by atoms with Crippen LogP contribution < -0.4 is 4.74 Å². The van der Waals surface area contributed by atoms with Gasteiger partial charge in [0.05, 0.1) is 12.0 Å². The van der Waals surface area contributed by atoms with Gasteiger partial charge < -0.3 is 4.74 Å². The highest BCUT2D eigenvalue weighted by atomic mass is 35.5. The molecule has 15 heavy (non-hydrogen) atoms. The van der Waals surface area contributed by atoms with E-state index in [9.17, 15) is 10.1 Å². The predicted molar refractivity (Wildman–Crippen MR) is 58.5 cm³/mol. The first-order chi connectivity index (χ1) is 7.07. The second-order valence-electron chi connectivity index (χ2n) is 2.37. The Hall–Kier alpha value is -1.36. The molecule has 0 unspecified atom stereocenters. The van der Waals surface area contributed by atoms with Crippen molar-refractivity contribution < 1.29 is 9.66 Å². The maximum Gasteiger partial charge on any atom is 0.349 e. The van der Waals surface area contributed by atoms with E-state index in [2.05, 4.69) is 4.98 Å². The van der Waals surface area contributed by atoms with Gasteiger partial charge >= 0.3 is 5.69 Å². The Kier molecular flexibility index (Phi) is 5.62. The van der Waals surface area contributed by atoms with Gasteiger partial charge in [0.25, 0.3) is 5.88 Å². The molecule has 1 aromatic heterocycles. The van der Waals surface area contributed by atoms with Crippen molar-refractivity contribution in [1.29, 1.82) is 0 Å². The van der Waals surface area contributed by atoms with E-state index < -0.39 is 4.92 Å². The zero-order chi connectivity index (χ0) is 12.0. The third-order valence-corrected chi connectivity index (χ3v) is 1.99. The van der Waals surface area contributed by atoms with Crippen molar-refractivity contribution >= 4 is 17.3 Å². The molecule has 0 bridgehead atoms. The lowest BCUT2D eigenvalue weighted by Crippen LogP contribution is -1.98. The molecule has 0 radical (unpaired) electrons. The third-order valence-electron chi connectivity index (χ3n) is 1.51. The van der Waals surface area contributed by atoms with Crippen LogP contribution in [0.1, 0.15) is 19.4 Å². The van der Waals surface area contributed by atoms with Crippen molar-refractivity contribution in [2.45, 2.75) is 20.8 Å². The summed E-state index contributed by atoms with van der Waals surface area (Å²) < 4.78 is 4.71. The number of aryl methyl sites for hydroxylation is 1. The Morgan fingerprint density at radius 1 is 1.53 bits per heavy atom. The largest absolute Gasteiger partial charge is 0.476 e. The van der Waals surface area contributed by atoms with Crippen LogP contribution in [0.2, 0.25) is 5.02 Å². The fourth-order valence-electron chi connectivity index (χ4n) is 0.862. The zero-order valence-electron chi connectivity index (χ0n) is 9.07. The third kappa shape index (κ3) is 3.06. The smallest absolute Gasteiger partial charge is 0.349 e. The molecular formula is C9H13ClN2O3. The highest BCUT2D eigenvalue weighted by Gasteiger charge is 2.22. The Morgan fingerprint density at radius 2 is 2.07 bits per heavy atom. The fraction of sp³-hybridized carbons (Fsp3) is 0.444. The average Bonchev–Trinajstić information content (AvgIpc) is 2.24. The van der Waals surface area contributed by atoms with Crippen LogP contribution in [0, 0.1) is 17.0 Å². The van der Waals surface area contributed by atoms with E-state index in [1.165, 1.54) is 13.3 Å². The van der Waals surface area contributed by atoms with E-state index in [0.717, 1.165) is 0 Å². The number of nitro groups is 1. The summed E-state index contributed by atoms with van der Waals surface area (Å²) in [6.45, 7) is 5.64. The lowest BCUT2D eigenvalue weighted by Gasteiger charge is -2.02. The summed E-state index contributed by atoms with van der Waals surface area (Å²) in [5.74, 6) is -0.0689. The molecule has 1 rings (SSSR count). The minimum absolute atomic E-state index is 0.0665. The highest BCUT2D eigenvalue weighted by molar-refractivity contribution is 6.33. The molecule has 0 saturated carbocycles. The maximum atomic E-state index is 10.6. The van der Waals surface area contributed by atoms with Gasteiger partial charge in [0.1, 0.15) is 5.02 Å². The minimum Gasteiger partial charge on any atom is -0.476 e. The van der Waals surface area contributed by atoms with Gasteiger partial charge in [0.15, 0.2) is 0 Å². The average molecular weight is 233 g/mol. The number of hydrogen-bond acceptors (Lipinski definition) is 4. The standard InChI is InChI=1S/C7H7ClN2O3.C2H6/c1-4-3-9-7(13-2)6(5(4)8)10(11)12;1-2/h3H,1-2H3;1-2H3. The van der Waals surface area contributed by atoms with Gasteiger partial charge in [-0.05, 0) is 12.5 Å². The molecule has 0 saturated heterocycles. The summed E-state index contributed by atoms with van der Waals surface area (Å²) in [4.78, 5) is 13.7. The molecule has 5 nitrogen and oxygen atoms in total.